The van der Waals surface area contributed by atoms with Crippen LogP contribution >= 0.6 is 23.2 Å². The van der Waals surface area contributed by atoms with E-state index >= 15 is 0 Å². The molecule has 5 nitrogen and oxygen atoms in total. The molecule has 0 saturated heterocycles. The Morgan fingerprint density at radius 3 is 2.14 bits per heavy atom. The highest BCUT2D eigenvalue weighted by Gasteiger charge is 2.32. The first-order valence-corrected chi connectivity index (χ1v) is 13.1. The monoisotopic (exact) mass is 540 g/mol. The van der Waals surface area contributed by atoms with Crippen molar-refractivity contribution in [2.24, 2.45) is 0 Å². The largest absolute Gasteiger partial charge is 0.484 e. The Hall–Kier alpha value is -3.02. The van der Waals surface area contributed by atoms with Gasteiger partial charge >= 0.3 is 0 Å². The minimum Gasteiger partial charge on any atom is -0.484 e. The average molecular weight is 542 g/mol. The third-order valence-electron chi connectivity index (χ3n) is 5.80. The van der Waals surface area contributed by atoms with Crippen molar-refractivity contribution >= 4 is 35.0 Å². The minimum absolute atomic E-state index is 0.170. The van der Waals surface area contributed by atoms with Gasteiger partial charge in [0.25, 0.3) is 5.91 Å². The van der Waals surface area contributed by atoms with Gasteiger partial charge in [0, 0.05) is 18.5 Å². The summed E-state index contributed by atoms with van der Waals surface area (Å²) in [4.78, 5) is 28.8. The normalized spacial score (nSPS) is 12.1. The molecule has 1 N–H and O–H groups in total. The number of rotatable bonds is 10. The molecule has 0 bridgehead atoms. The van der Waals surface area contributed by atoms with Gasteiger partial charge in [-0.3, -0.25) is 9.59 Å². The molecule has 0 saturated carbocycles. The molecule has 3 aromatic rings. The van der Waals surface area contributed by atoms with E-state index in [2.05, 4.69) is 12.2 Å². The predicted octanol–water partition coefficient (Wildman–Crippen LogP) is 6.49. The Labute approximate surface area is 229 Å². The van der Waals surface area contributed by atoms with Crippen molar-refractivity contribution in [2.45, 2.75) is 58.7 Å². The van der Waals surface area contributed by atoms with Crippen molar-refractivity contribution in [3.8, 4) is 5.75 Å². The molecule has 0 radical (unpaired) electrons. The van der Waals surface area contributed by atoms with Crippen LogP contribution in [0.15, 0.2) is 72.8 Å². The van der Waals surface area contributed by atoms with Crippen LogP contribution in [-0.2, 0) is 29.0 Å². The van der Waals surface area contributed by atoms with E-state index in [9.17, 15) is 9.59 Å². The number of ether oxygens (including phenoxy) is 1. The molecular formula is C30H34Cl2N2O3. The molecule has 0 fully saturated rings. The number of nitrogens with one attached hydrogen (secondary N) is 1. The van der Waals surface area contributed by atoms with Gasteiger partial charge in [0.2, 0.25) is 5.91 Å². The van der Waals surface area contributed by atoms with Gasteiger partial charge in [0.05, 0.1) is 10.0 Å². The number of hydrogen-bond acceptors (Lipinski definition) is 3. The van der Waals surface area contributed by atoms with E-state index in [1.54, 1.807) is 23.1 Å². The molecule has 0 aromatic heterocycles. The van der Waals surface area contributed by atoms with E-state index in [1.165, 1.54) is 5.56 Å². The number of hydrogen-bond donors (Lipinski definition) is 1. The number of carbonyl (C=O) groups excluding carboxylic acids is 2. The van der Waals surface area contributed by atoms with E-state index in [1.807, 2.05) is 75.4 Å². The minimum atomic E-state index is -0.769. The van der Waals surface area contributed by atoms with E-state index in [0.29, 0.717) is 22.2 Å². The fraction of sp³-hybridized carbons (Fsp3) is 0.333. The lowest BCUT2D eigenvalue weighted by molar-refractivity contribution is -0.143. The zero-order valence-corrected chi connectivity index (χ0v) is 23.3. The quantitative estimate of drug-likeness (QED) is 0.319. The van der Waals surface area contributed by atoms with Crippen LogP contribution in [0.5, 0.6) is 5.75 Å². The SMILES string of the molecule is CCc1ccc(OCC(=O)N(Cc2ccc(Cl)c(Cl)c2)[C@@H](Cc2ccccc2)C(=O)NC(C)(C)C)cc1. The molecule has 37 heavy (non-hydrogen) atoms. The Morgan fingerprint density at radius 1 is 0.892 bits per heavy atom. The van der Waals surface area contributed by atoms with Gasteiger partial charge in [0.1, 0.15) is 11.8 Å². The van der Waals surface area contributed by atoms with Crippen LogP contribution in [0.2, 0.25) is 10.0 Å². The number of carbonyl (C=O) groups is 2. The second kappa shape index (κ2) is 13.0. The Bertz CT molecular complexity index is 1190. The predicted molar refractivity (Wildman–Crippen MR) is 150 cm³/mol. The van der Waals surface area contributed by atoms with Crippen LogP contribution < -0.4 is 10.1 Å². The van der Waals surface area contributed by atoms with Gasteiger partial charge in [-0.05, 0) is 68.1 Å². The molecule has 7 heteroatoms. The number of nitrogens with zero attached hydrogens (tertiary/aromatic N) is 1. The van der Waals surface area contributed by atoms with Crippen molar-refractivity contribution in [2.75, 3.05) is 6.61 Å². The first kappa shape index (κ1) is 28.5. The van der Waals surface area contributed by atoms with Gasteiger partial charge < -0.3 is 15.0 Å². The number of halogens is 2. The van der Waals surface area contributed by atoms with Crippen LogP contribution in [0.1, 0.15) is 44.4 Å². The second-order valence-corrected chi connectivity index (χ2v) is 10.8. The van der Waals surface area contributed by atoms with E-state index in [0.717, 1.165) is 17.5 Å². The Balaban J connectivity index is 1.93. The van der Waals surface area contributed by atoms with E-state index < -0.39 is 11.6 Å². The lowest BCUT2D eigenvalue weighted by Gasteiger charge is -2.33. The second-order valence-electron chi connectivity index (χ2n) is 10.0. The molecule has 0 aliphatic carbocycles. The molecule has 2 amide bonds. The highest BCUT2D eigenvalue weighted by molar-refractivity contribution is 6.42. The van der Waals surface area contributed by atoms with Gasteiger partial charge in [-0.1, -0.05) is 78.7 Å². The van der Waals surface area contributed by atoms with Crippen LogP contribution in [0.4, 0.5) is 0 Å². The molecule has 0 aliphatic heterocycles. The molecule has 0 aliphatic rings. The molecule has 0 spiro atoms. The summed E-state index contributed by atoms with van der Waals surface area (Å²) >= 11 is 12.4. The lowest BCUT2D eigenvalue weighted by Crippen LogP contribution is -2.55. The summed E-state index contributed by atoms with van der Waals surface area (Å²) < 4.78 is 5.84. The molecule has 0 unspecified atom stereocenters. The number of aryl methyl sites for hydroxylation is 1. The highest BCUT2D eigenvalue weighted by atomic mass is 35.5. The third-order valence-corrected chi connectivity index (χ3v) is 6.54. The van der Waals surface area contributed by atoms with Gasteiger partial charge in [0.15, 0.2) is 6.61 Å². The Kier molecular flexibility index (Phi) is 10.0. The summed E-state index contributed by atoms with van der Waals surface area (Å²) in [5.41, 5.74) is 2.42. The zero-order valence-electron chi connectivity index (χ0n) is 21.8. The van der Waals surface area contributed by atoms with Crippen molar-refractivity contribution in [3.05, 3.63) is 99.5 Å². The van der Waals surface area contributed by atoms with Crippen molar-refractivity contribution in [1.82, 2.24) is 10.2 Å². The molecular weight excluding hydrogens is 507 g/mol. The maximum absolute atomic E-state index is 13.7. The van der Waals surface area contributed by atoms with Crippen molar-refractivity contribution < 1.29 is 14.3 Å². The first-order chi connectivity index (χ1) is 17.6. The summed E-state index contributed by atoms with van der Waals surface area (Å²) in [5.74, 6) is 0.0477. The van der Waals surface area contributed by atoms with Crippen molar-refractivity contribution in [3.63, 3.8) is 0 Å². The highest BCUT2D eigenvalue weighted by Crippen LogP contribution is 2.25. The van der Waals surface area contributed by atoms with Crippen LogP contribution in [0.25, 0.3) is 0 Å². The standard InChI is InChI=1S/C30H34Cl2N2O3/c1-5-21-11-14-24(15-12-21)37-20-28(35)34(19-23-13-16-25(31)26(32)17-23)27(29(36)33-30(2,3)4)18-22-9-7-6-8-10-22/h6-17,27H,5,18-20H2,1-4H3,(H,33,36)/t27-/m0/s1. The smallest absolute Gasteiger partial charge is 0.261 e. The average Bonchev–Trinajstić information content (AvgIpc) is 2.86. The van der Waals surface area contributed by atoms with Gasteiger partial charge in [-0.15, -0.1) is 0 Å². The van der Waals surface area contributed by atoms with E-state index in [4.69, 9.17) is 27.9 Å². The summed E-state index contributed by atoms with van der Waals surface area (Å²) in [6, 6.07) is 21.8. The first-order valence-electron chi connectivity index (χ1n) is 12.4. The summed E-state index contributed by atoms with van der Waals surface area (Å²) in [5, 5.41) is 3.86. The molecule has 1 atom stereocenters. The maximum atomic E-state index is 13.7. The summed E-state index contributed by atoms with van der Waals surface area (Å²) in [6.45, 7) is 7.79. The van der Waals surface area contributed by atoms with Crippen molar-refractivity contribution in [1.29, 1.82) is 0 Å². The van der Waals surface area contributed by atoms with E-state index in [-0.39, 0.29) is 25.0 Å². The summed E-state index contributed by atoms with van der Waals surface area (Å²) in [7, 11) is 0. The Morgan fingerprint density at radius 2 is 1.54 bits per heavy atom. The third kappa shape index (κ3) is 8.80. The fourth-order valence-electron chi connectivity index (χ4n) is 3.89. The van der Waals surface area contributed by atoms with Crippen LogP contribution in [-0.4, -0.2) is 34.9 Å². The number of benzene rings is 3. The molecule has 3 aromatic carbocycles. The fourth-order valence-corrected chi connectivity index (χ4v) is 4.21. The topological polar surface area (TPSA) is 58.6 Å². The molecule has 196 valence electrons. The summed E-state index contributed by atoms with van der Waals surface area (Å²) in [6.07, 6.45) is 1.27. The van der Waals surface area contributed by atoms with Crippen LogP contribution in [0.3, 0.4) is 0 Å². The number of amides is 2. The molecule has 0 heterocycles. The zero-order chi connectivity index (χ0) is 27.0. The van der Waals surface area contributed by atoms with Gasteiger partial charge in [-0.25, -0.2) is 0 Å². The lowest BCUT2D eigenvalue weighted by atomic mass is 10.0. The maximum Gasteiger partial charge on any atom is 0.261 e. The van der Waals surface area contributed by atoms with Gasteiger partial charge in [-0.2, -0.15) is 0 Å². The van der Waals surface area contributed by atoms with Crippen LogP contribution in [0, 0.1) is 0 Å². The molecule has 3 rings (SSSR count).